The molecule has 3 rings (SSSR count). The Kier molecular flexibility index (Phi) is 6.59. The molecule has 0 bridgehead atoms. The molecular formula is C18H18ClFN4O4. The Morgan fingerprint density at radius 2 is 1.82 bits per heavy atom. The zero-order valence-corrected chi connectivity index (χ0v) is 15.6. The number of hydrogen-bond donors (Lipinski definition) is 0. The third kappa shape index (κ3) is 5.29. The van der Waals surface area contributed by atoms with Gasteiger partial charge in [0, 0.05) is 38.6 Å². The minimum absolute atomic E-state index is 0.0455. The van der Waals surface area contributed by atoms with Crippen LogP contribution in [0.2, 0.25) is 5.02 Å². The highest BCUT2D eigenvalue weighted by Crippen LogP contribution is 2.24. The second-order valence-electron chi connectivity index (χ2n) is 5.94. The Morgan fingerprint density at radius 1 is 1.11 bits per heavy atom. The van der Waals surface area contributed by atoms with E-state index in [1.165, 1.54) is 6.07 Å². The molecule has 8 nitrogen and oxygen atoms in total. The molecule has 1 aromatic carbocycles. The van der Waals surface area contributed by atoms with Crippen molar-refractivity contribution >= 4 is 29.4 Å². The summed E-state index contributed by atoms with van der Waals surface area (Å²) in [5, 5.41) is 0.0455. The maximum absolute atomic E-state index is 13.0. The molecule has 1 amide bonds. The zero-order chi connectivity index (χ0) is 19.9. The van der Waals surface area contributed by atoms with Gasteiger partial charge in [-0.2, -0.15) is 0 Å². The maximum Gasteiger partial charge on any atom is 0.344 e. The summed E-state index contributed by atoms with van der Waals surface area (Å²) in [6.45, 7) is 1.34. The Balaban J connectivity index is 1.39. The monoisotopic (exact) mass is 408 g/mol. The zero-order valence-electron chi connectivity index (χ0n) is 14.9. The molecule has 0 aliphatic carbocycles. The Morgan fingerprint density at radius 3 is 2.50 bits per heavy atom. The summed E-state index contributed by atoms with van der Waals surface area (Å²) in [6.07, 6.45) is 3.33. The third-order valence-corrected chi connectivity index (χ3v) is 4.36. The van der Waals surface area contributed by atoms with Gasteiger partial charge in [0.25, 0.3) is 5.91 Å². The fraction of sp³-hybridized carbons (Fsp3) is 0.333. The Bertz CT molecular complexity index is 832. The molecule has 28 heavy (non-hydrogen) atoms. The number of nitrogens with zero attached hydrogens (tertiary/aromatic N) is 4. The van der Waals surface area contributed by atoms with Crippen LogP contribution in [0.1, 0.15) is 0 Å². The summed E-state index contributed by atoms with van der Waals surface area (Å²) >= 11 is 5.81. The number of rotatable bonds is 6. The van der Waals surface area contributed by atoms with Gasteiger partial charge in [0.05, 0.1) is 5.02 Å². The van der Waals surface area contributed by atoms with E-state index in [9.17, 15) is 14.0 Å². The van der Waals surface area contributed by atoms with Crippen molar-refractivity contribution in [3.63, 3.8) is 0 Å². The van der Waals surface area contributed by atoms with Crippen LogP contribution in [0.4, 0.5) is 10.3 Å². The molecule has 0 radical (unpaired) electrons. The SMILES string of the molecule is O=C(COc1ccc(F)cc1Cl)OCC(=O)N1CCN(c2ncccn2)CC1. The lowest BCUT2D eigenvalue weighted by Crippen LogP contribution is -2.50. The first-order valence-electron chi connectivity index (χ1n) is 8.56. The van der Waals surface area contributed by atoms with Crippen molar-refractivity contribution in [1.29, 1.82) is 0 Å². The van der Waals surface area contributed by atoms with E-state index in [4.69, 9.17) is 21.1 Å². The lowest BCUT2D eigenvalue weighted by molar-refractivity contribution is -0.153. The van der Waals surface area contributed by atoms with Gasteiger partial charge in [-0.05, 0) is 24.3 Å². The van der Waals surface area contributed by atoms with Gasteiger partial charge in [-0.15, -0.1) is 0 Å². The first kappa shape index (κ1) is 19.8. The predicted octanol–water partition coefficient (Wildman–Crippen LogP) is 1.54. The molecule has 1 fully saturated rings. The summed E-state index contributed by atoms with van der Waals surface area (Å²) in [5.74, 6) is -0.737. The molecule has 10 heteroatoms. The first-order chi connectivity index (χ1) is 13.5. The van der Waals surface area contributed by atoms with Gasteiger partial charge < -0.3 is 19.3 Å². The first-order valence-corrected chi connectivity index (χ1v) is 8.94. The average molecular weight is 409 g/mol. The van der Waals surface area contributed by atoms with Crippen LogP contribution in [0, 0.1) is 5.82 Å². The molecule has 0 unspecified atom stereocenters. The van der Waals surface area contributed by atoms with E-state index in [2.05, 4.69) is 9.97 Å². The number of halogens is 2. The second-order valence-corrected chi connectivity index (χ2v) is 6.35. The molecular weight excluding hydrogens is 391 g/mol. The highest BCUT2D eigenvalue weighted by atomic mass is 35.5. The minimum Gasteiger partial charge on any atom is -0.480 e. The molecule has 2 heterocycles. The molecule has 0 N–H and O–H groups in total. The van der Waals surface area contributed by atoms with Gasteiger partial charge in [-0.1, -0.05) is 11.6 Å². The highest BCUT2D eigenvalue weighted by molar-refractivity contribution is 6.32. The Labute approximate surface area is 165 Å². The van der Waals surface area contributed by atoms with Crippen LogP contribution in [0.5, 0.6) is 5.75 Å². The topological polar surface area (TPSA) is 84.9 Å². The molecule has 1 aromatic heterocycles. The largest absolute Gasteiger partial charge is 0.480 e. The number of amides is 1. The van der Waals surface area contributed by atoms with Crippen molar-refractivity contribution in [2.45, 2.75) is 0 Å². The van der Waals surface area contributed by atoms with Gasteiger partial charge in [0.2, 0.25) is 5.95 Å². The number of carbonyl (C=O) groups excluding carboxylic acids is 2. The Hall–Kier alpha value is -2.94. The van der Waals surface area contributed by atoms with Gasteiger partial charge in [0.1, 0.15) is 11.6 Å². The van der Waals surface area contributed by atoms with E-state index in [0.29, 0.717) is 32.1 Å². The van der Waals surface area contributed by atoms with E-state index in [-0.39, 0.29) is 23.3 Å². The van der Waals surface area contributed by atoms with Crippen molar-refractivity contribution in [1.82, 2.24) is 14.9 Å². The van der Waals surface area contributed by atoms with Gasteiger partial charge in [0.15, 0.2) is 13.2 Å². The van der Waals surface area contributed by atoms with Crippen molar-refractivity contribution in [3.05, 3.63) is 47.5 Å². The standard InChI is InChI=1S/C18H18ClFN4O4/c19-14-10-13(20)2-3-15(14)27-12-17(26)28-11-16(25)23-6-8-24(9-7-23)18-21-4-1-5-22-18/h1-5,10H,6-9,11-12H2. The number of ether oxygens (including phenoxy) is 2. The van der Waals surface area contributed by atoms with Crippen molar-refractivity contribution < 1.29 is 23.5 Å². The van der Waals surface area contributed by atoms with Crippen LogP contribution in [-0.2, 0) is 14.3 Å². The van der Waals surface area contributed by atoms with Crippen LogP contribution < -0.4 is 9.64 Å². The fourth-order valence-electron chi connectivity index (χ4n) is 2.61. The van der Waals surface area contributed by atoms with E-state index in [1.807, 2.05) is 4.90 Å². The number of aromatic nitrogens is 2. The van der Waals surface area contributed by atoms with Crippen LogP contribution in [0.15, 0.2) is 36.7 Å². The van der Waals surface area contributed by atoms with Gasteiger partial charge in [-0.3, -0.25) is 4.79 Å². The van der Waals surface area contributed by atoms with Crippen LogP contribution in [-0.4, -0.2) is 66.1 Å². The summed E-state index contributed by atoms with van der Waals surface area (Å²) in [5.41, 5.74) is 0. The number of esters is 1. The van der Waals surface area contributed by atoms with E-state index >= 15 is 0 Å². The average Bonchev–Trinajstić information content (AvgIpc) is 2.72. The molecule has 148 valence electrons. The number of benzene rings is 1. The van der Waals surface area contributed by atoms with E-state index in [0.717, 1.165) is 12.1 Å². The smallest absolute Gasteiger partial charge is 0.344 e. The second kappa shape index (κ2) is 9.32. The summed E-state index contributed by atoms with van der Waals surface area (Å²) in [6, 6.07) is 5.29. The maximum atomic E-state index is 13.0. The van der Waals surface area contributed by atoms with Crippen LogP contribution in [0.3, 0.4) is 0 Å². The van der Waals surface area contributed by atoms with E-state index < -0.39 is 18.4 Å². The minimum atomic E-state index is -0.718. The highest BCUT2D eigenvalue weighted by Gasteiger charge is 2.23. The summed E-state index contributed by atoms with van der Waals surface area (Å²) in [7, 11) is 0. The molecule has 0 atom stereocenters. The van der Waals surface area contributed by atoms with Gasteiger partial charge >= 0.3 is 5.97 Å². The van der Waals surface area contributed by atoms with Crippen LogP contribution >= 0.6 is 11.6 Å². The lowest BCUT2D eigenvalue weighted by atomic mass is 10.3. The van der Waals surface area contributed by atoms with Gasteiger partial charge in [-0.25, -0.2) is 19.2 Å². The number of carbonyl (C=O) groups is 2. The van der Waals surface area contributed by atoms with Crippen LogP contribution in [0.25, 0.3) is 0 Å². The number of piperazine rings is 1. The van der Waals surface area contributed by atoms with E-state index in [1.54, 1.807) is 23.4 Å². The predicted molar refractivity (Wildman–Crippen MR) is 98.7 cm³/mol. The molecule has 1 aliphatic rings. The molecule has 0 spiro atoms. The number of anilines is 1. The summed E-state index contributed by atoms with van der Waals surface area (Å²) in [4.78, 5) is 35.9. The van der Waals surface area contributed by atoms with Crippen molar-refractivity contribution in [2.24, 2.45) is 0 Å². The number of hydrogen-bond acceptors (Lipinski definition) is 7. The quantitative estimate of drug-likeness (QED) is 0.670. The fourth-order valence-corrected chi connectivity index (χ4v) is 2.84. The lowest BCUT2D eigenvalue weighted by Gasteiger charge is -2.34. The third-order valence-electron chi connectivity index (χ3n) is 4.06. The molecule has 2 aromatic rings. The van der Waals surface area contributed by atoms with Crippen molar-refractivity contribution in [3.8, 4) is 5.75 Å². The van der Waals surface area contributed by atoms with Crippen molar-refractivity contribution in [2.75, 3.05) is 44.3 Å². The molecule has 1 saturated heterocycles. The normalized spacial score (nSPS) is 13.9. The molecule has 0 saturated carbocycles. The molecule has 1 aliphatic heterocycles. The summed E-state index contributed by atoms with van der Waals surface area (Å²) < 4.78 is 23.1.